The molecule has 0 saturated heterocycles. The first-order valence-corrected chi connectivity index (χ1v) is 6.83. The minimum Gasteiger partial charge on any atom is -0.490 e. The molecule has 6 heteroatoms. The van der Waals surface area contributed by atoms with E-state index in [1.54, 1.807) is 35.0 Å². The molecule has 1 aromatic carbocycles. The van der Waals surface area contributed by atoms with Crippen molar-refractivity contribution in [2.75, 3.05) is 6.61 Å². The molecule has 20 heavy (non-hydrogen) atoms. The van der Waals surface area contributed by atoms with E-state index in [0.29, 0.717) is 28.9 Å². The summed E-state index contributed by atoms with van der Waals surface area (Å²) in [5.41, 5.74) is 6.31. The number of halogens is 2. The lowest BCUT2D eigenvalue weighted by Gasteiger charge is -2.13. The highest BCUT2D eigenvalue weighted by molar-refractivity contribution is 6.35. The molecule has 0 radical (unpaired) electrons. The highest BCUT2D eigenvalue weighted by Gasteiger charge is 2.09. The molecule has 0 aliphatic carbocycles. The van der Waals surface area contributed by atoms with Crippen LogP contribution in [0.25, 0.3) is 0 Å². The Labute approximate surface area is 126 Å². The smallest absolute Gasteiger partial charge is 0.250 e. The first kappa shape index (κ1) is 14.9. The summed E-state index contributed by atoms with van der Waals surface area (Å²) in [7, 11) is 0. The molecule has 0 bridgehead atoms. The summed E-state index contributed by atoms with van der Waals surface area (Å²) in [4.78, 5) is 11.5. The van der Waals surface area contributed by atoms with Crippen LogP contribution >= 0.6 is 23.2 Å². The molecule has 106 valence electrons. The first-order chi connectivity index (χ1) is 9.61. The SMILES string of the molecule is NCc1cc(Cl)cc(Cl)c1OCCn1ccccc1=O. The van der Waals surface area contributed by atoms with Crippen molar-refractivity contribution in [3.8, 4) is 5.75 Å². The monoisotopic (exact) mass is 312 g/mol. The summed E-state index contributed by atoms with van der Waals surface area (Å²) < 4.78 is 7.20. The number of ether oxygens (including phenoxy) is 1. The second kappa shape index (κ2) is 6.79. The first-order valence-electron chi connectivity index (χ1n) is 6.08. The minimum atomic E-state index is -0.0719. The number of nitrogens with zero attached hydrogens (tertiary/aromatic N) is 1. The van der Waals surface area contributed by atoms with Crippen molar-refractivity contribution in [2.45, 2.75) is 13.1 Å². The second-order valence-electron chi connectivity index (χ2n) is 4.16. The normalized spacial score (nSPS) is 10.6. The highest BCUT2D eigenvalue weighted by atomic mass is 35.5. The van der Waals surface area contributed by atoms with E-state index in [4.69, 9.17) is 33.7 Å². The van der Waals surface area contributed by atoms with Crippen LogP contribution < -0.4 is 16.0 Å². The maximum atomic E-state index is 11.5. The maximum Gasteiger partial charge on any atom is 0.250 e. The van der Waals surface area contributed by atoms with Gasteiger partial charge in [0.15, 0.2) is 0 Å². The zero-order valence-electron chi connectivity index (χ0n) is 10.7. The Morgan fingerprint density at radius 3 is 2.75 bits per heavy atom. The van der Waals surface area contributed by atoms with Crippen LogP contribution in [0, 0.1) is 0 Å². The molecule has 4 nitrogen and oxygen atoms in total. The van der Waals surface area contributed by atoms with E-state index < -0.39 is 0 Å². The average molecular weight is 313 g/mol. The third-order valence-electron chi connectivity index (χ3n) is 2.78. The molecular weight excluding hydrogens is 299 g/mol. The molecule has 1 heterocycles. The van der Waals surface area contributed by atoms with Gasteiger partial charge in [-0.05, 0) is 18.2 Å². The fourth-order valence-electron chi connectivity index (χ4n) is 1.82. The third-order valence-corrected chi connectivity index (χ3v) is 3.28. The lowest BCUT2D eigenvalue weighted by atomic mass is 10.2. The van der Waals surface area contributed by atoms with Crippen molar-refractivity contribution in [2.24, 2.45) is 5.73 Å². The van der Waals surface area contributed by atoms with Crippen molar-refractivity contribution >= 4 is 23.2 Å². The number of rotatable bonds is 5. The van der Waals surface area contributed by atoms with Crippen LogP contribution in [0.4, 0.5) is 0 Å². The van der Waals surface area contributed by atoms with E-state index in [-0.39, 0.29) is 12.1 Å². The molecule has 0 saturated carbocycles. The van der Waals surface area contributed by atoms with Gasteiger partial charge >= 0.3 is 0 Å². The molecule has 0 atom stereocenters. The molecule has 1 aromatic heterocycles. The van der Waals surface area contributed by atoms with E-state index >= 15 is 0 Å². The van der Waals surface area contributed by atoms with Crippen molar-refractivity contribution in [3.05, 3.63) is 62.5 Å². The minimum absolute atomic E-state index is 0.0719. The summed E-state index contributed by atoms with van der Waals surface area (Å²) in [6, 6.07) is 8.31. The van der Waals surface area contributed by atoms with Gasteiger partial charge in [-0.15, -0.1) is 0 Å². The molecule has 0 unspecified atom stereocenters. The fourth-order valence-corrected chi connectivity index (χ4v) is 2.41. The Morgan fingerprint density at radius 1 is 1.25 bits per heavy atom. The number of aromatic nitrogens is 1. The second-order valence-corrected chi connectivity index (χ2v) is 5.00. The molecular formula is C14H14Cl2N2O2. The summed E-state index contributed by atoms with van der Waals surface area (Å²) >= 11 is 12.0. The average Bonchev–Trinajstić information content (AvgIpc) is 2.42. The van der Waals surface area contributed by atoms with Crippen LogP contribution in [0.5, 0.6) is 5.75 Å². The van der Waals surface area contributed by atoms with Gasteiger partial charge < -0.3 is 15.0 Å². The van der Waals surface area contributed by atoms with Gasteiger partial charge in [0.25, 0.3) is 5.56 Å². The van der Waals surface area contributed by atoms with E-state index in [9.17, 15) is 4.79 Å². The van der Waals surface area contributed by atoms with Crippen LogP contribution in [-0.4, -0.2) is 11.2 Å². The Kier molecular flexibility index (Phi) is 5.06. The number of hydrogen-bond donors (Lipinski definition) is 1. The number of pyridine rings is 1. The molecule has 2 N–H and O–H groups in total. The van der Waals surface area contributed by atoms with Gasteiger partial charge in [-0.1, -0.05) is 29.3 Å². The van der Waals surface area contributed by atoms with Gasteiger partial charge in [0.1, 0.15) is 12.4 Å². The number of hydrogen-bond acceptors (Lipinski definition) is 3. The standard InChI is InChI=1S/C14H14Cl2N2O2/c15-11-7-10(9-17)14(12(16)8-11)20-6-5-18-4-2-1-3-13(18)19/h1-4,7-8H,5-6,9,17H2. The third kappa shape index (κ3) is 3.54. The summed E-state index contributed by atoms with van der Waals surface area (Å²) in [5, 5.41) is 0.931. The predicted octanol–water partition coefficient (Wildman–Crippen LogP) is 2.69. The lowest BCUT2D eigenvalue weighted by molar-refractivity contribution is 0.294. The quantitative estimate of drug-likeness (QED) is 0.923. The Hall–Kier alpha value is -1.49. The van der Waals surface area contributed by atoms with Crippen LogP contribution in [0.1, 0.15) is 5.56 Å². The predicted molar refractivity (Wildman–Crippen MR) is 80.6 cm³/mol. The van der Waals surface area contributed by atoms with Crippen molar-refractivity contribution < 1.29 is 4.74 Å². The van der Waals surface area contributed by atoms with E-state index in [1.807, 2.05) is 0 Å². The molecule has 0 amide bonds. The van der Waals surface area contributed by atoms with Crippen molar-refractivity contribution in [1.82, 2.24) is 4.57 Å². The molecule has 0 aliphatic rings. The summed E-state index contributed by atoms with van der Waals surface area (Å²) in [5.74, 6) is 0.516. The van der Waals surface area contributed by atoms with Gasteiger partial charge in [0.05, 0.1) is 11.6 Å². The highest BCUT2D eigenvalue weighted by Crippen LogP contribution is 2.32. The fraction of sp³-hybridized carbons (Fsp3) is 0.214. The van der Waals surface area contributed by atoms with E-state index in [2.05, 4.69) is 0 Å². The number of nitrogens with two attached hydrogens (primary N) is 1. The van der Waals surface area contributed by atoms with Gasteiger partial charge in [0, 0.05) is 29.4 Å². The Balaban J connectivity index is 2.08. The molecule has 2 aromatic rings. The van der Waals surface area contributed by atoms with Gasteiger partial charge in [0.2, 0.25) is 0 Å². The van der Waals surface area contributed by atoms with Crippen LogP contribution in [-0.2, 0) is 13.1 Å². The van der Waals surface area contributed by atoms with Gasteiger partial charge in [-0.3, -0.25) is 4.79 Å². The van der Waals surface area contributed by atoms with Gasteiger partial charge in [-0.25, -0.2) is 0 Å². The molecule has 0 aliphatic heterocycles. The van der Waals surface area contributed by atoms with Gasteiger partial charge in [-0.2, -0.15) is 0 Å². The van der Waals surface area contributed by atoms with Crippen molar-refractivity contribution in [1.29, 1.82) is 0 Å². The van der Waals surface area contributed by atoms with Crippen LogP contribution in [0.3, 0.4) is 0 Å². The topological polar surface area (TPSA) is 57.2 Å². The van der Waals surface area contributed by atoms with Crippen LogP contribution in [0.2, 0.25) is 10.0 Å². The molecule has 2 rings (SSSR count). The van der Waals surface area contributed by atoms with Crippen LogP contribution in [0.15, 0.2) is 41.3 Å². The Morgan fingerprint density at radius 2 is 2.05 bits per heavy atom. The molecule has 0 fully saturated rings. The maximum absolute atomic E-state index is 11.5. The largest absolute Gasteiger partial charge is 0.490 e. The zero-order chi connectivity index (χ0) is 14.5. The van der Waals surface area contributed by atoms with Crippen molar-refractivity contribution in [3.63, 3.8) is 0 Å². The zero-order valence-corrected chi connectivity index (χ0v) is 12.2. The summed E-state index contributed by atoms with van der Waals surface area (Å²) in [6.45, 7) is 1.03. The number of benzene rings is 1. The van der Waals surface area contributed by atoms with E-state index in [0.717, 1.165) is 5.56 Å². The Bertz CT molecular complexity index is 656. The lowest BCUT2D eigenvalue weighted by Crippen LogP contribution is -2.21. The van der Waals surface area contributed by atoms with E-state index in [1.165, 1.54) is 6.07 Å². The summed E-state index contributed by atoms with van der Waals surface area (Å²) in [6.07, 6.45) is 1.71. The molecule has 0 spiro atoms.